The summed E-state index contributed by atoms with van der Waals surface area (Å²) >= 11 is 5.96. The van der Waals surface area contributed by atoms with E-state index < -0.39 is 0 Å². The topological polar surface area (TPSA) is 37.8 Å². The maximum atomic E-state index is 5.96. The summed E-state index contributed by atoms with van der Waals surface area (Å²) in [5.41, 5.74) is 2.53. The van der Waals surface area contributed by atoms with Crippen LogP contribution in [0.5, 0.6) is 0 Å². The summed E-state index contributed by atoms with van der Waals surface area (Å²) in [6.45, 7) is 7.37. The summed E-state index contributed by atoms with van der Waals surface area (Å²) in [4.78, 5) is 0. The summed E-state index contributed by atoms with van der Waals surface area (Å²) in [6, 6.07) is 0. The Morgan fingerprint density at radius 3 is 2.44 bits per heavy atom. The van der Waals surface area contributed by atoms with Gasteiger partial charge in [0.15, 0.2) is 11.0 Å². The quantitative estimate of drug-likeness (QED) is 0.895. The Kier molecular flexibility index (Phi) is 4.10. The summed E-state index contributed by atoms with van der Waals surface area (Å²) < 4.78 is 0. The fourth-order valence-electron chi connectivity index (χ4n) is 2.62. The highest BCUT2D eigenvalue weighted by atomic mass is 35.5. The van der Waals surface area contributed by atoms with Crippen molar-refractivity contribution in [3.63, 3.8) is 0 Å². The maximum absolute atomic E-state index is 5.96. The van der Waals surface area contributed by atoms with Gasteiger partial charge in [-0.2, -0.15) is 0 Å². The van der Waals surface area contributed by atoms with Crippen LogP contribution in [0.1, 0.15) is 50.2 Å². The first kappa shape index (κ1) is 13.6. The number of halogens is 1. The SMILES string of the molecule is Cc1c(Cl)nnc(NCC2(C)CCCCC2)c1C. The summed E-state index contributed by atoms with van der Waals surface area (Å²) in [5.74, 6) is 0.878. The zero-order chi connectivity index (χ0) is 13.2. The minimum Gasteiger partial charge on any atom is -0.368 e. The second-order valence-corrected chi connectivity index (χ2v) is 6.17. The molecule has 100 valence electrons. The van der Waals surface area contributed by atoms with Crippen molar-refractivity contribution in [3.8, 4) is 0 Å². The van der Waals surface area contributed by atoms with Crippen LogP contribution >= 0.6 is 11.6 Å². The molecule has 1 fully saturated rings. The fourth-order valence-corrected chi connectivity index (χ4v) is 2.80. The van der Waals surface area contributed by atoms with Crippen LogP contribution in [0.15, 0.2) is 0 Å². The number of anilines is 1. The normalized spacial score (nSPS) is 18.7. The lowest BCUT2D eigenvalue weighted by Crippen LogP contribution is -2.29. The van der Waals surface area contributed by atoms with Crippen molar-refractivity contribution in [2.24, 2.45) is 5.41 Å². The maximum Gasteiger partial charge on any atom is 0.155 e. The van der Waals surface area contributed by atoms with Crippen molar-refractivity contribution in [1.29, 1.82) is 0 Å². The number of hydrogen-bond acceptors (Lipinski definition) is 3. The van der Waals surface area contributed by atoms with Crippen LogP contribution in [-0.4, -0.2) is 16.7 Å². The molecule has 0 spiro atoms. The Balaban J connectivity index is 2.04. The molecule has 0 radical (unpaired) electrons. The molecule has 1 aliphatic rings. The van der Waals surface area contributed by atoms with Gasteiger partial charge < -0.3 is 5.32 Å². The molecule has 1 heterocycles. The van der Waals surface area contributed by atoms with E-state index in [2.05, 4.69) is 22.4 Å². The Hall–Kier alpha value is -0.830. The third kappa shape index (κ3) is 2.94. The van der Waals surface area contributed by atoms with Gasteiger partial charge in [0.05, 0.1) is 0 Å². The van der Waals surface area contributed by atoms with Gasteiger partial charge in [-0.15, -0.1) is 10.2 Å². The highest BCUT2D eigenvalue weighted by Crippen LogP contribution is 2.36. The third-order valence-corrected chi connectivity index (χ3v) is 4.57. The predicted octanol–water partition coefficient (Wildman–Crippen LogP) is 4.13. The van der Waals surface area contributed by atoms with Crippen molar-refractivity contribution < 1.29 is 0 Å². The lowest BCUT2D eigenvalue weighted by atomic mass is 9.76. The molecular weight excluding hydrogens is 246 g/mol. The monoisotopic (exact) mass is 267 g/mol. The molecule has 4 heteroatoms. The number of nitrogens with zero attached hydrogens (tertiary/aromatic N) is 2. The van der Waals surface area contributed by atoms with Crippen LogP contribution in [0.25, 0.3) is 0 Å². The summed E-state index contributed by atoms with van der Waals surface area (Å²) in [7, 11) is 0. The van der Waals surface area contributed by atoms with Gasteiger partial charge in [-0.05, 0) is 43.2 Å². The molecule has 0 aromatic carbocycles. The van der Waals surface area contributed by atoms with Crippen LogP contribution in [0.4, 0.5) is 5.82 Å². The summed E-state index contributed by atoms with van der Waals surface area (Å²) in [6.07, 6.45) is 6.69. The van der Waals surface area contributed by atoms with E-state index in [0.29, 0.717) is 10.6 Å². The van der Waals surface area contributed by atoms with Gasteiger partial charge in [0.2, 0.25) is 0 Å². The van der Waals surface area contributed by atoms with E-state index in [9.17, 15) is 0 Å². The second kappa shape index (κ2) is 5.43. The molecule has 1 aliphatic carbocycles. The molecule has 1 aromatic heterocycles. The molecule has 0 amide bonds. The van der Waals surface area contributed by atoms with Crippen LogP contribution in [-0.2, 0) is 0 Å². The third-order valence-electron chi connectivity index (χ3n) is 4.21. The predicted molar refractivity (Wildman–Crippen MR) is 76.2 cm³/mol. The number of rotatable bonds is 3. The largest absolute Gasteiger partial charge is 0.368 e. The molecule has 0 aliphatic heterocycles. The smallest absolute Gasteiger partial charge is 0.155 e. The second-order valence-electron chi connectivity index (χ2n) is 5.81. The van der Waals surface area contributed by atoms with E-state index in [1.807, 2.05) is 13.8 Å². The van der Waals surface area contributed by atoms with E-state index in [1.54, 1.807) is 0 Å². The Labute approximate surface area is 114 Å². The molecule has 2 rings (SSSR count). The number of aromatic nitrogens is 2. The minimum atomic E-state index is 0.403. The number of hydrogen-bond donors (Lipinski definition) is 1. The van der Waals surface area contributed by atoms with Gasteiger partial charge in [-0.3, -0.25) is 0 Å². The zero-order valence-electron chi connectivity index (χ0n) is 11.5. The zero-order valence-corrected chi connectivity index (χ0v) is 12.3. The first-order chi connectivity index (χ1) is 8.52. The van der Waals surface area contributed by atoms with E-state index in [4.69, 9.17) is 11.6 Å². The van der Waals surface area contributed by atoms with Crippen molar-refractivity contribution in [3.05, 3.63) is 16.3 Å². The van der Waals surface area contributed by atoms with Crippen LogP contribution in [0.2, 0.25) is 5.15 Å². The molecule has 1 N–H and O–H groups in total. The highest BCUT2D eigenvalue weighted by molar-refractivity contribution is 6.30. The van der Waals surface area contributed by atoms with Gasteiger partial charge >= 0.3 is 0 Å². The Morgan fingerprint density at radius 2 is 1.78 bits per heavy atom. The van der Waals surface area contributed by atoms with Gasteiger partial charge in [0.1, 0.15) is 0 Å². The summed E-state index contributed by atoms with van der Waals surface area (Å²) in [5, 5.41) is 12.1. The molecule has 0 atom stereocenters. The average Bonchev–Trinajstić information content (AvgIpc) is 2.36. The highest BCUT2D eigenvalue weighted by Gasteiger charge is 2.26. The number of nitrogens with one attached hydrogen (secondary N) is 1. The van der Waals surface area contributed by atoms with Gasteiger partial charge in [0, 0.05) is 6.54 Å². The van der Waals surface area contributed by atoms with Crippen molar-refractivity contribution in [2.45, 2.75) is 52.9 Å². The lowest BCUT2D eigenvalue weighted by molar-refractivity contribution is 0.233. The lowest BCUT2D eigenvalue weighted by Gasteiger charge is -2.34. The minimum absolute atomic E-state index is 0.403. The Morgan fingerprint density at radius 1 is 1.11 bits per heavy atom. The molecule has 1 aromatic rings. The van der Waals surface area contributed by atoms with E-state index in [1.165, 1.54) is 32.1 Å². The van der Waals surface area contributed by atoms with Crippen LogP contribution in [0, 0.1) is 19.3 Å². The first-order valence-electron chi connectivity index (χ1n) is 6.75. The fraction of sp³-hybridized carbons (Fsp3) is 0.714. The van der Waals surface area contributed by atoms with Crippen LogP contribution in [0.3, 0.4) is 0 Å². The van der Waals surface area contributed by atoms with Gasteiger partial charge in [-0.1, -0.05) is 37.8 Å². The first-order valence-corrected chi connectivity index (χ1v) is 7.13. The van der Waals surface area contributed by atoms with Crippen molar-refractivity contribution in [1.82, 2.24) is 10.2 Å². The molecule has 0 saturated heterocycles. The molecule has 0 bridgehead atoms. The van der Waals surface area contributed by atoms with Gasteiger partial charge in [0.25, 0.3) is 0 Å². The molecular formula is C14H22ClN3. The Bertz CT molecular complexity index is 425. The van der Waals surface area contributed by atoms with Crippen molar-refractivity contribution in [2.75, 3.05) is 11.9 Å². The molecule has 3 nitrogen and oxygen atoms in total. The van der Waals surface area contributed by atoms with Crippen molar-refractivity contribution >= 4 is 17.4 Å². The van der Waals surface area contributed by atoms with Crippen LogP contribution < -0.4 is 5.32 Å². The van der Waals surface area contributed by atoms with Gasteiger partial charge in [-0.25, -0.2) is 0 Å². The van der Waals surface area contributed by atoms with E-state index >= 15 is 0 Å². The molecule has 0 unspecified atom stereocenters. The average molecular weight is 268 g/mol. The van der Waals surface area contributed by atoms with E-state index in [0.717, 1.165) is 23.5 Å². The van der Waals surface area contributed by atoms with E-state index in [-0.39, 0.29) is 0 Å². The molecule has 1 saturated carbocycles. The molecule has 18 heavy (non-hydrogen) atoms. The standard InChI is InChI=1S/C14H22ClN3/c1-10-11(2)13(18-17-12(10)15)16-9-14(3)7-5-4-6-8-14/h4-9H2,1-3H3,(H,16,18).